The molecule has 0 saturated carbocycles. The van der Waals surface area contributed by atoms with E-state index >= 15 is 0 Å². The second-order valence-corrected chi connectivity index (χ2v) is 9.93. The molecule has 10 nitrogen and oxygen atoms in total. The number of aryl methyl sites for hydroxylation is 2. The summed E-state index contributed by atoms with van der Waals surface area (Å²) in [6.07, 6.45) is 5.93. The van der Waals surface area contributed by atoms with E-state index < -0.39 is 5.91 Å². The zero-order chi connectivity index (χ0) is 27.1. The van der Waals surface area contributed by atoms with Crippen LogP contribution in [0.15, 0.2) is 35.6 Å². The molecule has 38 heavy (non-hydrogen) atoms. The van der Waals surface area contributed by atoms with Crippen LogP contribution in [0.1, 0.15) is 51.4 Å². The number of nitrogens with one attached hydrogen (secondary N) is 1. The summed E-state index contributed by atoms with van der Waals surface area (Å²) < 4.78 is 15.3. The van der Waals surface area contributed by atoms with E-state index in [9.17, 15) is 9.59 Å². The number of carbonyl (C=O) groups is 1. The number of nitrogens with zero attached hydrogens (tertiary/aromatic N) is 4. The quantitative estimate of drug-likeness (QED) is 0.388. The lowest BCUT2D eigenvalue weighted by Crippen LogP contribution is -2.39. The highest BCUT2D eigenvalue weighted by molar-refractivity contribution is 5.96. The molecule has 1 atom stereocenters. The number of rotatable bonds is 7. The maximum Gasteiger partial charge on any atom is 0.255 e. The van der Waals surface area contributed by atoms with Crippen LogP contribution in [0.3, 0.4) is 0 Å². The number of carbonyl (C=O) groups excluding carboxylic acids is 1. The fourth-order valence-corrected chi connectivity index (χ4v) is 5.62. The lowest BCUT2D eigenvalue weighted by Gasteiger charge is -2.34. The third-order valence-corrected chi connectivity index (χ3v) is 7.63. The van der Waals surface area contributed by atoms with Gasteiger partial charge in [-0.15, -0.1) is 0 Å². The number of fused-ring (bicyclic) bond motifs is 1. The van der Waals surface area contributed by atoms with Gasteiger partial charge in [0.25, 0.3) is 5.56 Å². The molecule has 1 aliphatic heterocycles. The van der Waals surface area contributed by atoms with Crippen LogP contribution >= 0.6 is 0 Å². The highest BCUT2D eigenvalue weighted by Crippen LogP contribution is 2.37. The number of aromatic amines is 1. The molecule has 10 heteroatoms. The molecule has 1 amide bonds. The lowest BCUT2D eigenvalue weighted by molar-refractivity contribution is 0.0187. The van der Waals surface area contributed by atoms with Gasteiger partial charge in [0.1, 0.15) is 5.75 Å². The van der Waals surface area contributed by atoms with Crippen molar-refractivity contribution in [1.29, 1.82) is 0 Å². The van der Waals surface area contributed by atoms with Crippen LogP contribution in [0.25, 0.3) is 16.8 Å². The third kappa shape index (κ3) is 4.39. The first-order valence-electron chi connectivity index (χ1n) is 12.7. The Balaban J connectivity index is 1.82. The van der Waals surface area contributed by atoms with Crippen LogP contribution in [0.4, 0.5) is 0 Å². The molecule has 1 aliphatic rings. The molecule has 0 aromatic carbocycles. The lowest BCUT2D eigenvalue weighted by atomic mass is 9.97. The Kier molecular flexibility index (Phi) is 6.85. The summed E-state index contributed by atoms with van der Waals surface area (Å²) in [5, 5.41) is 0. The number of morpholine rings is 1. The topological polar surface area (TPSA) is 120 Å². The van der Waals surface area contributed by atoms with Gasteiger partial charge in [0, 0.05) is 61.3 Å². The van der Waals surface area contributed by atoms with Crippen LogP contribution < -0.4 is 16.0 Å². The number of aromatic nitrogens is 4. The Morgan fingerprint density at radius 1 is 1.24 bits per heavy atom. The Morgan fingerprint density at radius 2 is 1.97 bits per heavy atom. The van der Waals surface area contributed by atoms with E-state index in [1.165, 1.54) is 0 Å². The van der Waals surface area contributed by atoms with Crippen molar-refractivity contribution >= 4 is 11.4 Å². The molecule has 0 radical (unpaired) electrons. The summed E-state index contributed by atoms with van der Waals surface area (Å²) in [6.45, 7) is 8.83. The number of pyridine rings is 2. The van der Waals surface area contributed by atoms with E-state index in [1.54, 1.807) is 13.4 Å². The number of imidazole rings is 1. The SMILES string of the molecule is COc1cc(C)[nH]c(=O)c1Cc1c(-c2cncn2C)cn2c(C(C)N3CCOCC3)c(C)c(C(N)=O)cc12. The van der Waals surface area contributed by atoms with Gasteiger partial charge >= 0.3 is 0 Å². The van der Waals surface area contributed by atoms with Crippen LogP contribution in [-0.2, 0) is 18.2 Å². The van der Waals surface area contributed by atoms with Crippen molar-refractivity contribution in [3.8, 4) is 17.0 Å². The molecule has 3 N–H and O–H groups in total. The number of hydrogen-bond donors (Lipinski definition) is 2. The van der Waals surface area contributed by atoms with Gasteiger partial charge < -0.3 is 29.2 Å². The van der Waals surface area contributed by atoms with Gasteiger partial charge in [0.05, 0.1) is 49.6 Å². The predicted octanol–water partition coefficient (Wildman–Crippen LogP) is 2.74. The maximum atomic E-state index is 13.1. The fourth-order valence-electron chi connectivity index (χ4n) is 5.62. The number of amides is 1. The van der Waals surface area contributed by atoms with Crippen LogP contribution in [0, 0.1) is 13.8 Å². The Hall–Kier alpha value is -3.89. The summed E-state index contributed by atoms with van der Waals surface area (Å²) in [4.78, 5) is 35.4. The number of hydrogen-bond acceptors (Lipinski definition) is 6. The van der Waals surface area contributed by atoms with E-state index in [0.29, 0.717) is 36.5 Å². The minimum Gasteiger partial charge on any atom is -0.496 e. The first-order valence-corrected chi connectivity index (χ1v) is 12.7. The van der Waals surface area contributed by atoms with Gasteiger partial charge in [-0.3, -0.25) is 14.5 Å². The molecular weight excluding hydrogens is 484 g/mol. The number of H-pyrrole nitrogens is 1. The molecule has 4 aromatic rings. The Morgan fingerprint density at radius 3 is 2.61 bits per heavy atom. The maximum absolute atomic E-state index is 13.1. The zero-order valence-electron chi connectivity index (χ0n) is 22.5. The number of ether oxygens (including phenoxy) is 2. The van der Waals surface area contributed by atoms with Crippen LogP contribution in [-0.4, -0.2) is 63.2 Å². The van der Waals surface area contributed by atoms with E-state index in [2.05, 4.69) is 32.4 Å². The summed E-state index contributed by atoms with van der Waals surface area (Å²) in [5.74, 6) is 0.0334. The van der Waals surface area contributed by atoms with E-state index in [-0.39, 0.29) is 11.6 Å². The fraction of sp³-hybridized carbons (Fsp3) is 0.393. The van der Waals surface area contributed by atoms with Crippen molar-refractivity contribution in [2.45, 2.75) is 33.2 Å². The monoisotopic (exact) mass is 518 g/mol. The second-order valence-electron chi connectivity index (χ2n) is 9.93. The largest absolute Gasteiger partial charge is 0.496 e. The summed E-state index contributed by atoms with van der Waals surface area (Å²) >= 11 is 0. The van der Waals surface area contributed by atoms with Gasteiger partial charge in [0.2, 0.25) is 5.91 Å². The van der Waals surface area contributed by atoms with E-state index in [0.717, 1.165) is 52.4 Å². The third-order valence-electron chi connectivity index (χ3n) is 7.63. The van der Waals surface area contributed by atoms with Gasteiger partial charge in [-0.1, -0.05) is 0 Å². The first-order chi connectivity index (χ1) is 18.2. The predicted molar refractivity (Wildman–Crippen MR) is 145 cm³/mol. The Labute approximate surface area is 221 Å². The van der Waals surface area contributed by atoms with Crippen molar-refractivity contribution in [2.24, 2.45) is 12.8 Å². The second kappa shape index (κ2) is 10.1. The molecular formula is C28H34N6O4. The van der Waals surface area contributed by atoms with Crippen LogP contribution in [0.2, 0.25) is 0 Å². The summed E-state index contributed by atoms with van der Waals surface area (Å²) in [5.41, 5.74) is 12.7. The van der Waals surface area contributed by atoms with Crippen molar-refractivity contribution < 1.29 is 14.3 Å². The molecule has 0 bridgehead atoms. The van der Waals surface area contributed by atoms with Gasteiger partial charge in [0.15, 0.2) is 0 Å². The Bertz CT molecular complexity index is 1570. The molecule has 1 unspecified atom stereocenters. The highest BCUT2D eigenvalue weighted by atomic mass is 16.5. The van der Waals surface area contributed by atoms with Crippen molar-refractivity contribution in [2.75, 3.05) is 33.4 Å². The van der Waals surface area contributed by atoms with Crippen molar-refractivity contribution in [3.63, 3.8) is 0 Å². The molecule has 1 fully saturated rings. The molecule has 0 spiro atoms. The summed E-state index contributed by atoms with van der Waals surface area (Å²) in [6, 6.07) is 3.67. The van der Waals surface area contributed by atoms with Gasteiger partial charge in [-0.25, -0.2) is 4.98 Å². The zero-order valence-corrected chi connectivity index (χ0v) is 22.5. The minimum atomic E-state index is -0.486. The molecule has 4 aromatic heterocycles. The number of methoxy groups -OCH3 is 1. The number of primary amides is 1. The summed E-state index contributed by atoms with van der Waals surface area (Å²) in [7, 11) is 3.50. The highest BCUT2D eigenvalue weighted by Gasteiger charge is 2.28. The van der Waals surface area contributed by atoms with Crippen LogP contribution in [0.5, 0.6) is 5.75 Å². The molecule has 5 rings (SSSR count). The average molecular weight is 519 g/mol. The normalized spacial score (nSPS) is 15.2. The minimum absolute atomic E-state index is 0.00217. The standard InChI is InChI=1S/C28H34N6O4/c1-16-10-25(37-5)21(28(36)31-16)11-20-22(24-13-30-15-32(24)4)14-34-23(20)12-19(27(29)35)17(2)26(34)18(3)33-6-8-38-9-7-33/h10,12-15,18H,6-9,11H2,1-5H3,(H2,29,35)(H,31,36). The number of nitrogens with two attached hydrogens (primary N) is 1. The first kappa shape index (κ1) is 25.7. The molecule has 0 aliphatic carbocycles. The van der Waals surface area contributed by atoms with Crippen molar-refractivity contribution in [1.82, 2.24) is 23.8 Å². The smallest absolute Gasteiger partial charge is 0.255 e. The molecule has 1 saturated heterocycles. The van der Waals surface area contributed by atoms with E-state index in [4.69, 9.17) is 15.2 Å². The molecule has 200 valence electrons. The van der Waals surface area contributed by atoms with Gasteiger partial charge in [-0.05, 0) is 44.0 Å². The average Bonchev–Trinajstić information content (AvgIpc) is 3.47. The van der Waals surface area contributed by atoms with Crippen molar-refractivity contribution in [3.05, 3.63) is 74.8 Å². The van der Waals surface area contributed by atoms with E-state index in [1.807, 2.05) is 43.8 Å². The molecule has 5 heterocycles. The van der Waals surface area contributed by atoms with Gasteiger partial charge in [-0.2, -0.15) is 0 Å².